The minimum atomic E-state index is -3.64. The Labute approximate surface area is 462 Å². The van der Waals surface area contributed by atoms with E-state index in [1.165, 1.54) is 27.9 Å². The normalized spacial score (nSPS) is 17.0. The molecule has 4 aromatic rings. The van der Waals surface area contributed by atoms with Gasteiger partial charge in [-0.05, 0) is 79.3 Å². The second-order valence-corrected chi connectivity index (χ2v) is 25.4. The van der Waals surface area contributed by atoms with Crippen molar-refractivity contribution in [2.24, 2.45) is 21.7 Å². The Kier molecular flexibility index (Phi) is 24.0. The number of amides is 1. The third-order valence-electron chi connectivity index (χ3n) is 14.5. The van der Waals surface area contributed by atoms with E-state index >= 15 is 0 Å². The molecule has 410 valence electrons. The molecular weight excluding hydrogens is 1120 g/mol. The van der Waals surface area contributed by atoms with Gasteiger partial charge in [-0.15, -0.1) is 0 Å². The fraction of sp³-hybridized carbons (Fsp3) is 0.509. The van der Waals surface area contributed by atoms with Gasteiger partial charge in [0.05, 0.1) is 11.7 Å². The van der Waals surface area contributed by atoms with E-state index in [1.807, 2.05) is 97.1 Å². The zero-order valence-electron chi connectivity index (χ0n) is 43.6. The second-order valence-electron chi connectivity index (χ2n) is 19.9. The van der Waals surface area contributed by atoms with Gasteiger partial charge in [-0.1, -0.05) is 87.9 Å². The first kappa shape index (κ1) is 60.0. The van der Waals surface area contributed by atoms with Crippen LogP contribution in [-0.2, 0) is 78.1 Å². The monoisotopic (exact) mass is 1200 g/mol. The van der Waals surface area contributed by atoms with E-state index < -0.39 is 47.9 Å². The van der Waals surface area contributed by atoms with Gasteiger partial charge in [-0.2, -0.15) is 13.1 Å². The van der Waals surface area contributed by atoms with Crippen LogP contribution in [0.15, 0.2) is 97.1 Å². The summed E-state index contributed by atoms with van der Waals surface area (Å²) in [7, 11) is -7.21. The van der Waals surface area contributed by atoms with Gasteiger partial charge >= 0.3 is 201 Å². The molecule has 0 spiro atoms. The van der Waals surface area contributed by atoms with E-state index in [9.17, 15) is 36.0 Å². The molecule has 75 heavy (non-hydrogen) atoms. The number of carbonyl (C=O) groups excluding carboxylic acids is 4. The number of fused-ring (bicyclic) bond motifs is 2. The average molecular weight is 1200 g/mol. The van der Waals surface area contributed by atoms with Gasteiger partial charge in [0, 0.05) is 31.3 Å². The molecule has 8 rings (SSSR count). The average Bonchev–Trinajstić information content (AvgIpc) is 3.42. The predicted octanol–water partition coefficient (Wildman–Crippen LogP) is 5.27. The van der Waals surface area contributed by atoms with Crippen molar-refractivity contribution in [2.75, 3.05) is 39.2 Å². The minimum absolute atomic E-state index is 0.0259. The molecule has 4 aromatic carbocycles. The number of nitrogens with two attached hydrogens (primary N) is 1. The van der Waals surface area contributed by atoms with Crippen molar-refractivity contribution in [1.29, 1.82) is 0 Å². The Balaban J connectivity index is 0.000000211. The van der Waals surface area contributed by atoms with E-state index in [1.54, 1.807) is 13.8 Å². The molecule has 14 nitrogen and oxygen atoms in total. The molecule has 0 aromatic heterocycles. The van der Waals surface area contributed by atoms with Crippen molar-refractivity contribution >= 4 is 66.1 Å². The smallest absolute Gasteiger partial charge is 0.301 e. The minimum Gasteiger partial charge on any atom is -0.346 e. The molecule has 2 aliphatic carbocycles. The number of benzene rings is 4. The molecule has 1 amide bonds. The van der Waals surface area contributed by atoms with Crippen molar-refractivity contribution in [3.05, 3.63) is 130 Å². The quantitative estimate of drug-likeness (QED) is 0.0371. The summed E-state index contributed by atoms with van der Waals surface area (Å²) in [6.45, 7) is 5.04. The molecule has 0 radical (unpaired) electrons. The molecular formula is C57H77ClIN6O8S2-. The third kappa shape index (κ3) is 17.6. The topological polar surface area (TPSA) is 205 Å². The molecule has 2 aliphatic heterocycles. The van der Waals surface area contributed by atoms with Crippen LogP contribution in [0, 0.1) is 17.8 Å². The first-order chi connectivity index (χ1) is 36.1. The van der Waals surface area contributed by atoms with Crippen LogP contribution in [0.4, 0.5) is 11.4 Å². The van der Waals surface area contributed by atoms with Crippen molar-refractivity contribution in [3.63, 3.8) is 0 Å². The zero-order valence-corrected chi connectivity index (χ0v) is 48.2. The number of hydrogen-bond donors (Lipinski definition) is 4. The predicted molar refractivity (Wildman–Crippen MR) is 296 cm³/mol. The van der Waals surface area contributed by atoms with Crippen molar-refractivity contribution < 1.29 is 57.5 Å². The van der Waals surface area contributed by atoms with E-state index in [0.29, 0.717) is 69.7 Å². The van der Waals surface area contributed by atoms with Crippen molar-refractivity contribution in [2.45, 2.75) is 135 Å². The van der Waals surface area contributed by atoms with E-state index in [-0.39, 0.29) is 46.9 Å². The largest absolute Gasteiger partial charge is 0.346 e. The SMILES string of the molecule is CCNS(=O)(=O)N1CCCc2c(CC(=O)[C@@H](C[I-]N)Cc3ccccc3)cccc21.CCNS(=O)(=O)N1CCCc2c(CC(=O)[C@H](Cc3ccccc3)NC(=O)C3CCCCC3)cccc21.O=C(Cl)C1CCCCC1. The summed E-state index contributed by atoms with van der Waals surface area (Å²) in [6, 6.07) is 30.3. The number of alkyl halides is 1. The van der Waals surface area contributed by atoms with Gasteiger partial charge < -0.3 is 5.32 Å². The van der Waals surface area contributed by atoms with E-state index in [4.69, 9.17) is 15.5 Å². The first-order valence-electron chi connectivity index (χ1n) is 26.8. The summed E-state index contributed by atoms with van der Waals surface area (Å²) in [5, 5.41) is 2.95. The fourth-order valence-corrected chi connectivity index (χ4v) is 14.9. The van der Waals surface area contributed by atoms with Crippen LogP contribution >= 0.6 is 11.6 Å². The molecule has 0 saturated heterocycles. The molecule has 2 fully saturated rings. The Bertz CT molecular complexity index is 2720. The van der Waals surface area contributed by atoms with Gasteiger partial charge in [0.15, 0.2) is 5.78 Å². The molecule has 0 unspecified atom stereocenters. The number of anilines is 2. The number of halogens is 2. The van der Waals surface area contributed by atoms with Gasteiger partial charge in [0.2, 0.25) is 11.1 Å². The second kappa shape index (κ2) is 30.1. The molecule has 2 heterocycles. The maximum atomic E-state index is 13.6. The van der Waals surface area contributed by atoms with Crippen LogP contribution in [0.25, 0.3) is 0 Å². The molecule has 18 heteroatoms. The fourth-order valence-electron chi connectivity index (χ4n) is 10.7. The molecule has 2 atom stereocenters. The van der Waals surface area contributed by atoms with Crippen LogP contribution in [-0.4, -0.2) is 76.2 Å². The number of hydrogen-bond acceptors (Lipinski definition) is 9. The summed E-state index contributed by atoms with van der Waals surface area (Å²) in [6.07, 6.45) is 15.2. The van der Waals surface area contributed by atoms with Crippen LogP contribution in [0.2, 0.25) is 0 Å². The summed E-state index contributed by atoms with van der Waals surface area (Å²) >= 11 is 4.82. The zero-order chi connectivity index (χ0) is 53.8. The number of Topliss-reactive ketones (excluding diaryl/α,β-unsaturated/α-hetero) is 2. The number of rotatable bonds is 21. The third-order valence-corrected chi connectivity index (χ3v) is 19.6. The Morgan fingerprint density at radius 3 is 1.49 bits per heavy atom. The Morgan fingerprint density at radius 2 is 1.05 bits per heavy atom. The maximum absolute atomic E-state index is 13.6. The van der Waals surface area contributed by atoms with Crippen LogP contribution in [0.3, 0.4) is 0 Å². The van der Waals surface area contributed by atoms with Gasteiger partial charge in [-0.25, -0.2) is 0 Å². The summed E-state index contributed by atoms with van der Waals surface area (Å²) in [5.74, 6) is 0.167. The van der Waals surface area contributed by atoms with E-state index in [0.717, 1.165) is 95.6 Å². The summed E-state index contributed by atoms with van der Waals surface area (Å²) in [5.41, 5.74) is 7.11. The number of nitrogens with zero attached hydrogens (tertiary/aromatic N) is 2. The van der Waals surface area contributed by atoms with Crippen LogP contribution in [0.5, 0.6) is 0 Å². The molecule has 2 saturated carbocycles. The molecule has 0 bridgehead atoms. The molecule has 4 aliphatic rings. The van der Waals surface area contributed by atoms with Gasteiger partial charge in [-0.3, -0.25) is 18.7 Å². The van der Waals surface area contributed by atoms with Crippen LogP contribution < -0.4 is 48.8 Å². The first-order valence-corrected chi connectivity index (χ1v) is 32.9. The molecule has 5 N–H and O–H groups in total. The Morgan fingerprint density at radius 1 is 0.600 bits per heavy atom. The standard InChI is InChI=1S/C28H37N3O4S.C22H29IN3O3S.C7H11ClO/c1-2-29-36(34,35)31-18-10-16-24-23(15-9-17-26(24)31)20-27(32)25(19-21-11-5-3-6-12-21)30-28(33)22-13-7-4-8-14-22;1-2-25-30(28,29)26-13-7-11-20-18(10-6-12-21(20)26)15-22(27)19(16-23-24)14-17-8-4-3-5-9-17;8-7(9)6-4-2-1-3-5-6/h3,5-6,9,11-12,15,17,22,25,29H,2,4,7-8,10,13-14,16,18-20H2,1H3,(H,30,33);3-6,8-10,12,19,25H,2,7,11,13-16,24H2,1H3;6H,1-5H2/q;-1;/t25-;19-;/m01./s1. The number of nitrogens with one attached hydrogen (secondary N) is 3. The van der Waals surface area contributed by atoms with Crippen molar-refractivity contribution in [1.82, 2.24) is 14.8 Å². The summed E-state index contributed by atoms with van der Waals surface area (Å²) in [4.78, 5) is 50.5. The van der Waals surface area contributed by atoms with E-state index in [2.05, 4.69) is 14.8 Å². The number of carbonyl (C=O) groups is 4. The summed E-state index contributed by atoms with van der Waals surface area (Å²) < 4.78 is 65.4. The number of ketones is 2. The van der Waals surface area contributed by atoms with Crippen LogP contribution in [0.1, 0.15) is 124 Å². The van der Waals surface area contributed by atoms with Gasteiger partial charge in [0.25, 0.3) is 0 Å². The maximum Gasteiger partial charge on any atom is 0.301 e. The Hall–Kier alpha value is -4.24. The van der Waals surface area contributed by atoms with Crippen molar-refractivity contribution in [3.8, 4) is 0 Å². The van der Waals surface area contributed by atoms with Gasteiger partial charge in [0.1, 0.15) is 0 Å².